The van der Waals surface area contributed by atoms with Gasteiger partial charge in [0.05, 0.1) is 0 Å². The third-order valence-electron chi connectivity index (χ3n) is 2.35. The van der Waals surface area contributed by atoms with Crippen molar-refractivity contribution in [2.75, 3.05) is 0 Å². The Morgan fingerprint density at radius 1 is 1.21 bits per heavy atom. The van der Waals surface area contributed by atoms with E-state index in [9.17, 15) is 0 Å². The van der Waals surface area contributed by atoms with E-state index in [1.54, 1.807) is 0 Å². The van der Waals surface area contributed by atoms with Crippen LogP contribution in [0.15, 0.2) is 47.0 Å². The third-order valence-corrected chi connectivity index (χ3v) is 3.19. The Balaban J connectivity index is 2.18. The topological polar surface area (TPSA) is 0 Å². The number of rotatable bonds is 1. The molecule has 2 rings (SSSR count). The Labute approximate surface area is 97.4 Å². The Morgan fingerprint density at radius 3 is 2.50 bits per heavy atom. The molecule has 0 bridgehead atoms. The highest BCUT2D eigenvalue weighted by Gasteiger charge is 2.09. The monoisotopic (exact) mass is 268 g/mol. The highest BCUT2D eigenvalue weighted by Crippen LogP contribution is 2.28. The molecule has 0 saturated carbocycles. The zero-order valence-corrected chi connectivity index (χ0v) is 9.92. The molecule has 1 atom stereocenters. The molecular formula is C12H10BrCl. The van der Waals surface area contributed by atoms with Crippen molar-refractivity contribution in [2.24, 2.45) is 0 Å². The Hall–Kier alpha value is -0.530. The van der Waals surface area contributed by atoms with Gasteiger partial charge in [0.15, 0.2) is 0 Å². The van der Waals surface area contributed by atoms with Crippen LogP contribution in [0.5, 0.6) is 0 Å². The summed E-state index contributed by atoms with van der Waals surface area (Å²) < 4.78 is 1.17. The Kier molecular flexibility index (Phi) is 3.09. The van der Waals surface area contributed by atoms with Crippen molar-refractivity contribution in [1.29, 1.82) is 0 Å². The van der Waals surface area contributed by atoms with Gasteiger partial charge < -0.3 is 0 Å². The summed E-state index contributed by atoms with van der Waals surface area (Å²) in [6.45, 7) is 0. The second-order valence-corrected chi connectivity index (χ2v) is 4.69. The Morgan fingerprint density at radius 2 is 1.93 bits per heavy atom. The van der Waals surface area contributed by atoms with Crippen LogP contribution in [0.3, 0.4) is 0 Å². The molecule has 0 saturated heterocycles. The minimum atomic E-state index is 0.494. The van der Waals surface area contributed by atoms with Crippen LogP contribution in [0, 0.1) is 0 Å². The van der Waals surface area contributed by atoms with Crippen molar-refractivity contribution in [1.82, 2.24) is 0 Å². The summed E-state index contributed by atoms with van der Waals surface area (Å²) >= 11 is 9.29. The summed E-state index contributed by atoms with van der Waals surface area (Å²) in [6, 6.07) is 8.06. The lowest BCUT2D eigenvalue weighted by molar-refractivity contribution is 0.852. The van der Waals surface area contributed by atoms with Gasteiger partial charge in [-0.15, -0.1) is 0 Å². The van der Waals surface area contributed by atoms with E-state index in [2.05, 4.69) is 46.3 Å². The second kappa shape index (κ2) is 4.33. The fourth-order valence-corrected chi connectivity index (χ4v) is 2.02. The van der Waals surface area contributed by atoms with Gasteiger partial charge in [0, 0.05) is 15.4 Å². The lowest BCUT2D eigenvalue weighted by Gasteiger charge is -2.14. The molecule has 0 nitrogen and oxygen atoms in total. The molecule has 14 heavy (non-hydrogen) atoms. The summed E-state index contributed by atoms with van der Waals surface area (Å²) in [4.78, 5) is 0. The first-order valence-electron chi connectivity index (χ1n) is 4.55. The fraction of sp³-hybridized carbons (Fsp3) is 0.167. The van der Waals surface area contributed by atoms with Crippen LogP contribution in [0.25, 0.3) is 0 Å². The van der Waals surface area contributed by atoms with E-state index in [-0.39, 0.29) is 0 Å². The van der Waals surface area contributed by atoms with Gasteiger partial charge in [-0.2, -0.15) is 0 Å². The largest absolute Gasteiger partial charge is 0.0843 e. The summed E-state index contributed by atoms with van der Waals surface area (Å²) in [5.41, 5.74) is 1.32. The molecule has 0 N–H and O–H groups in total. The maximum absolute atomic E-state index is 5.84. The first-order chi connectivity index (χ1) is 6.75. The van der Waals surface area contributed by atoms with E-state index in [1.807, 2.05) is 12.1 Å². The van der Waals surface area contributed by atoms with Crippen molar-refractivity contribution in [2.45, 2.75) is 12.3 Å². The van der Waals surface area contributed by atoms with E-state index in [0.717, 1.165) is 11.4 Å². The molecule has 0 heterocycles. The van der Waals surface area contributed by atoms with Gasteiger partial charge >= 0.3 is 0 Å². The van der Waals surface area contributed by atoms with Gasteiger partial charge in [-0.05, 0) is 24.1 Å². The lowest BCUT2D eigenvalue weighted by atomic mass is 9.93. The molecule has 0 aliphatic heterocycles. The number of allylic oxidation sites excluding steroid dienone is 4. The predicted molar refractivity (Wildman–Crippen MR) is 65.0 cm³/mol. The van der Waals surface area contributed by atoms with Crippen molar-refractivity contribution in [3.8, 4) is 0 Å². The van der Waals surface area contributed by atoms with Crippen LogP contribution in [0.2, 0.25) is 5.02 Å². The molecule has 0 fully saturated rings. The molecule has 0 aromatic heterocycles. The van der Waals surface area contributed by atoms with E-state index < -0.39 is 0 Å². The van der Waals surface area contributed by atoms with Gasteiger partial charge in [-0.25, -0.2) is 0 Å². The van der Waals surface area contributed by atoms with Gasteiger partial charge in [0.1, 0.15) is 0 Å². The van der Waals surface area contributed by atoms with Crippen LogP contribution in [0.1, 0.15) is 17.9 Å². The van der Waals surface area contributed by atoms with Crippen molar-refractivity contribution in [3.05, 3.63) is 57.6 Å². The van der Waals surface area contributed by atoms with Crippen molar-refractivity contribution in [3.63, 3.8) is 0 Å². The third kappa shape index (κ3) is 2.28. The van der Waals surface area contributed by atoms with Gasteiger partial charge in [0.2, 0.25) is 0 Å². The molecule has 2 heteroatoms. The first kappa shape index (κ1) is 10.0. The van der Waals surface area contributed by atoms with E-state index in [1.165, 1.54) is 10.0 Å². The highest BCUT2D eigenvalue weighted by atomic mass is 79.9. The second-order valence-electron chi connectivity index (χ2n) is 3.34. The minimum Gasteiger partial charge on any atom is -0.0843 e. The smallest absolute Gasteiger partial charge is 0.0406 e. The highest BCUT2D eigenvalue weighted by molar-refractivity contribution is 9.11. The molecule has 0 unspecified atom stereocenters. The molecule has 0 amide bonds. The molecule has 1 aromatic rings. The standard InChI is InChI=1S/C12H10BrCl/c13-11-5-1-9(2-6-11)10-3-7-12(14)8-4-10/h1,3-9H,2H2/t9-/m0/s1. The number of hydrogen-bond acceptors (Lipinski definition) is 0. The van der Waals surface area contributed by atoms with E-state index in [4.69, 9.17) is 11.6 Å². The summed E-state index contributed by atoms with van der Waals surface area (Å²) in [6.07, 6.45) is 7.56. The average molecular weight is 270 g/mol. The normalized spacial score (nSPS) is 20.7. The predicted octanol–water partition coefficient (Wildman–Crippen LogP) is 4.66. The maximum atomic E-state index is 5.84. The SMILES string of the molecule is Clc1ccc([C@H]2C=CC(Br)=CC2)cc1. The van der Waals surface area contributed by atoms with Gasteiger partial charge in [-0.1, -0.05) is 57.9 Å². The van der Waals surface area contributed by atoms with Gasteiger partial charge in [-0.3, -0.25) is 0 Å². The lowest BCUT2D eigenvalue weighted by Crippen LogP contribution is -1.96. The van der Waals surface area contributed by atoms with Crippen LogP contribution >= 0.6 is 27.5 Å². The molecule has 1 aliphatic rings. The molecule has 0 radical (unpaired) electrons. The van der Waals surface area contributed by atoms with Crippen molar-refractivity contribution < 1.29 is 0 Å². The summed E-state index contributed by atoms with van der Waals surface area (Å²) in [7, 11) is 0. The van der Waals surface area contributed by atoms with Crippen LogP contribution in [-0.4, -0.2) is 0 Å². The zero-order valence-electron chi connectivity index (χ0n) is 7.58. The Bertz CT molecular complexity index is 376. The number of hydrogen-bond donors (Lipinski definition) is 0. The van der Waals surface area contributed by atoms with E-state index in [0.29, 0.717) is 5.92 Å². The van der Waals surface area contributed by atoms with Crippen LogP contribution in [0.4, 0.5) is 0 Å². The number of halogens is 2. The number of benzene rings is 1. The molecule has 1 aromatic carbocycles. The molecule has 72 valence electrons. The summed E-state index contributed by atoms with van der Waals surface area (Å²) in [5, 5.41) is 0.797. The quantitative estimate of drug-likeness (QED) is 0.695. The van der Waals surface area contributed by atoms with Crippen molar-refractivity contribution >= 4 is 27.5 Å². The first-order valence-corrected chi connectivity index (χ1v) is 5.72. The molecular weight excluding hydrogens is 259 g/mol. The summed E-state index contributed by atoms with van der Waals surface area (Å²) in [5.74, 6) is 0.494. The minimum absolute atomic E-state index is 0.494. The maximum Gasteiger partial charge on any atom is 0.0406 e. The fourth-order valence-electron chi connectivity index (χ4n) is 1.55. The average Bonchev–Trinajstić information content (AvgIpc) is 2.21. The molecule has 1 aliphatic carbocycles. The van der Waals surface area contributed by atoms with Crippen LogP contribution < -0.4 is 0 Å². The van der Waals surface area contributed by atoms with Crippen LogP contribution in [-0.2, 0) is 0 Å². The molecule has 0 spiro atoms. The van der Waals surface area contributed by atoms with E-state index >= 15 is 0 Å². The zero-order chi connectivity index (χ0) is 9.97. The van der Waals surface area contributed by atoms with Gasteiger partial charge in [0.25, 0.3) is 0 Å².